The predicted octanol–water partition coefficient (Wildman–Crippen LogP) is 0.629. The van der Waals surface area contributed by atoms with E-state index in [0.717, 1.165) is 5.69 Å². The molecule has 1 rings (SSSR count). The first-order valence-electron chi connectivity index (χ1n) is 4.72. The van der Waals surface area contributed by atoms with Gasteiger partial charge in [-0.3, -0.25) is 4.79 Å². The van der Waals surface area contributed by atoms with Crippen LogP contribution in [0, 0.1) is 5.92 Å². The third kappa shape index (κ3) is 2.35. The number of amides is 1. The van der Waals surface area contributed by atoms with Crippen molar-refractivity contribution in [2.75, 3.05) is 0 Å². The van der Waals surface area contributed by atoms with E-state index in [1.54, 1.807) is 0 Å². The molecule has 0 bridgehead atoms. The molecule has 0 saturated heterocycles. The smallest absolute Gasteiger partial charge is 0.222 e. The van der Waals surface area contributed by atoms with Gasteiger partial charge in [-0.2, -0.15) is 0 Å². The lowest BCUT2D eigenvalue weighted by molar-refractivity contribution is -0.121. The molecule has 78 valence electrons. The van der Waals surface area contributed by atoms with Crippen LogP contribution in [0.15, 0.2) is 18.3 Å². The van der Waals surface area contributed by atoms with Gasteiger partial charge >= 0.3 is 0 Å². The van der Waals surface area contributed by atoms with Crippen LogP contribution in [-0.2, 0) is 11.3 Å². The van der Waals surface area contributed by atoms with Crippen molar-refractivity contribution in [1.82, 2.24) is 4.57 Å². The summed E-state index contributed by atoms with van der Waals surface area (Å²) in [6, 6.07) is 3.86. The average molecular weight is 195 g/mol. The number of hydrogen-bond donors (Lipinski definition) is 2. The first-order chi connectivity index (χ1) is 6.52. The number of nitrogens with two attached hydrogens (primary N) is 2. The van der Waals surface area contributed by atoms with Crippen molar-refractivity contribution in [2.24, 2.45) is 17.4 Å². The molecule has 4 N–H and O–H groups in total. The molecule has 2 unspecified atom stereocenters. The summed E-state index contributed by atoms with van der Waals surface area (Å²) >= 11 is 0. The molecule has 4 nitrogen and oxygen atoms in total. The Morgan fingerprint density at radius 3 is 2.71 bits per heavy atom. The van der Waals surface area contributed by atoms with E-state index >= 15 is 0 Å². The molecule has 0 fully saturated rings. The van der Waals surface area contributed by atoms with Gasteiger partial charge in [0.25, 0.3) is 0 Å². The van der Waals surface area contributed by atoms with Crippen molar-refractivity contribution < 1.29 is 4.79 Å². The van der Waals surface area contributed by atoms with Crippen molar-refractivity contribution in [3.63, 3.8) is 0 Å². The predicted molar refractivity (Wildman–Crippen MR) is 55.4 cm³/mol. The third-order valence-corrected chi connectivity index (χ3v) is 2.29. The lowest BCUT2D eigenvalue weighted by atomic mass is 10.1. The van der Waals surface area contributed by atoms with Crippen LogP contribution >= 0.6 is 0 Å². The fourth-order valence-electron chi connectivity index (χ4n) is 1.39. The van der Waals surface area contributed by atoms with E-state index in [-0.39, 0.29) is 17.9 Å². The Morgan fingerprint density at radius 1 is 1.57 bits per heavy atom. The molecule has 1 amide bonds. The van der Waals surface area contributed by atoms with Crippen molar-refractivity contribution in [3.05, 3.63) is 24.0 Å². The van der Waals surface area contributed by atoms with Gasteiger partial charge in [-0.1, -0.05) is 6.92 Å². The lowest BCUT2D eigenvalue weighted by Gasteiger charge is -2.14. The molecular formula is C10H17N3O. The molecule has 2 atom stereocenters. The molecule has 0 aliphatic rings. The topological polar surface area (TPSA) is 74.0 Å². The van der Waals surface area contributed by atoms with Crippen molar-refractivity contribution >= 4 is 5.91 Å². The number of hydrogen-bond acceptors (Lipinski definition) is 2. The van der Waals surface area contributed by atoms with Gasteiger partial charge in [-0.15, -0.1) is 0 Å². The summed E-state index contributed by atoms with van der Waals surface area (Å²) in [5.41, 5.74) is 12.0. The van der Waals surface area contributed by atoms with E-state index in [1.807, 2.05) is 36.7 Å². The highest BCUT2D eigenvalue weighted by Gasteiger charge is 2.12. The Labute approximate surface area is 83.9 Å². The number of carbonyl (C=O) groups is 1. The van der Waals surface area contributed by atoms with Gasteiger partial charge in [0.2, 0.25) is 5.91 Å². The van der Waals surface area contributed by atoms with Crippen LogP contribution in [0.3, 0.4) is 0 Å². The van der Waals surface area contributed by atoms with Crippen LogP contribution in [-0.4, -0.2) is 10.5 Å². The van der Waals surface area contributed by atoms with Gasteiger partial charge in [0.1, 0.15) is 0 Å². The monoisotopic (exact) mass is 195 g/mol. The number of nitrogens with zero attached hydrogens (tertiary/aromatic N) is 1. The first kappa shape index (κ1) is 10.8. The van der Waals surface area contributed by atoms with Gasteiger partial charge in [0.05, 0.1) is 5.92 Å². The van der Waals surface area contributed by atoms with Gasteiger partial charge in [-0.25, -0.2) is 0 Å². The van der Waals surface area contributed by atoms with E-state index in [0.29, 0.717) is 6.54 Å². The SMILES string of the molecule is CC(Cn1cccc1C(C)N)C(N)=O. The number of aromatic nitrogens is 1. The van der Waals surface area contributed by atoms with Crippen LogP contribution in [0.4, 0.5) is 0 Å². The molecule has 0 saturated carbocycles. The molecule has 1 heterocycles. The first-order valence-corrected chi connectivity index (χ1v) is 4.72. The molecule has 0 radical (unpaired) electrons. The Bertz CT molecular complexity index is 317. The normalized spacial score (nSPS) is 15.1. The van der Waals surface area contributed by atoms with Crippen molar-refractivity contribution in [3.8, 4) is 0 Å². The van der Waals surface area contributed by atoms with Crippen molar-refractivity contribution in [2.45, 2.75) is 26.4 Å². The van der Waals surface area contributed by atoms with Crippen molar-refractivity contribution in [1.29, 1.82) is 0 Å². The maximum atomic E-state index is 10.9. The summed E-state index contributed by atoms with van der Waals surface area (Å²) in [4.78, 5) is 10.9. The number of primary amides is 1. The van der Waals surface area contributed by atoms with Crippen LogP contribution in [0.5, 0.6) is 0 Å². The summed E-state index contributed by atoms with van der Waals surface area (Å²) in [6.07, 6.45) is 1.91. The summed E-state index contributed by atoms with van der Waals surface area (Å²) in [5.74, 6) is -0.450. The van der Waals surface area contributed by atoms with E-state index in [9.17, 15) is 4.79 Å². The highest BCUT2D eigenvalue weighted by atomic mass is 16.1. The van der Waals surface area contributed by atoms with Gasteiger partial charge < -0.3 is 16.0 Å². The fourth-order valence-corrected chi connectivity index (χ4v) is 1.39. The quantitative estimate of drug-likeness (QED) is 0.739. The van der Waals surface area contributed by atoms with Gasteiger partial charge in [0, 0.05) is 24.5 Å². The number of rotatable bonds is 4. The lowest BCUT2D eigenvalue weighted by Crippen LogP contribution is -2.25. The van der Waals surface area contributed by atoms with Gasteiger partial charge in [0.15, 0.2) is 0 Å². The van der Waals surface area contributed by atoms with E-state index in [2.05, 4.69) is 0 Å². The zero-order valence-electron chi connectivity index (χ0n) is 8.60. The minimum absolute atomic E-state index is 0.0231. The Hall–Kier alpha value is -1.29. The van der Waals surface area contributed by atoms with Gasteiger partial charge in [-0.05, 0) is 19.1 Å². The van der Waals surface area contributed by atoms with E-state index in [1.165, 1.54) is 0 Å². The summed E-state index contributed by atoms with van der Waals surface area (Å²) in [5, 5.41) is 0. The molecular weight excluding hydrogens is 178 g/mol. The highest BCUT2D eigenvalue weighted by molar-refractivity contribution is 5.76. The molecule has 4 heteroatoms. The largest absolute Gasteiger partial charge is 0.369 e. The van der Waals surface area contributed by atoms with Crippen LogP contribution < -0.4 is 11.5 Å². The molecule has 0 aromatic carbocycles. The minimum Gasteiger partial charge on any atom is -0.369 e. The highest BCUT2D eigenvalue weighted by Crippen LogP contribution is 2.12. The van der Waals surface area contributed by atoms with Crippen LogP contribution in [0.25, 0.3) is 0 Å². The summed E-state index contributed by atoms with van der Waals surface area (Å²) in [6.45, 7) is 4.33. The minimum atomic E-state index is -0.283. The Kier molecular flexibility index (Phi) is 3.30. The molecule has 1 aromatic heterocycles. The fraction of sp³-hybridized carbons (Fsp3) is 0.500. The molecule has 0 aliphatic carbocycles. The second-order valence-electron chi connectivity index (χ2n) is 3.68. The van der Waals surface area contributed by atoms with E-state index < -0.39 is 0 Å². The molecule has 0 spiro atoms. The second-order valence-corrected chi connectivity index (χ2v) is 3.68. The van der Waals surface area contributed by atoms with Crippen LogP contribution in [0.1, 0.15) is 25.6 Å². The second kappa shape index (κ2) is 4.28. The molecule has 0 aliphatic heterocycles. The standard InChI is InChI=1S/C10H17N3O/c1-7(10(12)14)6-13-5-3-4-9(13)8(2)11/h3-5,7-8H,6,11H2,1-2H3,(H2,12,14). The third-order valence-electron chi connectivity index (χ3n) is 2.29. The Balaban J connectivity index is 2.76. The van der Waals surface area contributed by atoms with E-state index in [4.69, 9.17) is 11.5 Å². The van der Waals surface area contributed by atoms with Crippen LogP contribution in [0.2, 0.25) is 0 Å². The zero-order valence-corrected chi connectivity index (χ0v) is 8.60. The summed E-state index contributed by atoms with van der Waals surface area (Å²) in [7, 11) is 0. The zero-order chi connectivity index (χ0) is 10.7. The maximum Gasteiger partial charge on any atom is 0.222 e. The number of carbonyl (C=O) groups excluding carboxylic acids is 1. The Morgan fingerprint density at radius 2 is 2.21 bits per heavy atom. The molecule has 14 heavy (non-hydrogen) atoms. The maximum absolute atomic E-state index is 10.9. The molecule has 1 aromatic rings. The average Bonchev–Trinajstić information content (AvgIpc) is 2.52. The summed E-state index contributed by atoms with van der Waals surface area (Å²) < 4.78 is 1.97.